The molecule has 1 aromatic heterocycles. The number of hydrogen-bond acceptors (Lipinski definition) is 3. The Morgan fingerprint density at radius 2 is 2.45 bits per heavy atom. The molecule has 0 aliphatic heterocycles. The van der Waals surface area contributed by atoms with Gasteiger partial charge in [0.25, 0.3) is 0 Å². The lowest BCUT2D eigenvalue weighted by Crippen LogP contribution is -1.92. The van der Waals surface area contributed by atoms with Gasteiger partial charge in [0, 0.05) is 12.4 Å². The normalized spacial score (nSPS) is 11.5. The van der Waals surface area contributed by atoms with Crippen molar-refractivity contribution in [3.8, 4) is 0 Å². The summed E-state index contributed by atoms with van der Waals surface area (Å²) in [5, 5.41) is 0. The van der Waals surface area contributed by atoms with Gasteiger partial charge >= 0.3 is 0 Å². The summed E-state index contributed by atoms with van der Waals surface area (Å²) < 4.78 is 0. The maximum Gasteiger partial charge on any atom is 0.0859 e. The maximum atomic E-state index is 5.39. The Bertz CT molecular complexity index is 241. The fraction of sp³-hybridized carbons (Fsp3) is 0.250. The third kappa shape index (κ3) is 1.77. The van der Waals surface area contributed by atoms with E-state index in [9.17, 15) is 0 Å². The number of hydrogen-bond donors (Lipinski definition) is 1. The van der Waals surface area contributed by atoms with Gasteiger partial charge in [-0.3, -0.25) is 9.97 Å². The summed E-state index contributed by atoms with van der Waals surface area (Å²) in [7, 11) is 0. The second kappa shape index (κ2) is 3.71. The lowest BCUT2D eigenvalue weighted by Gasteiger charge is -1.99. The molecule has 1 heterocycles. The van der Waals surface area contributed by atoms with Crippen molar-refractivity contribution < 1.29 is 0 Å². The third-order valence-electron chi connectivity index (χ3n) is 1.47. The Balaban J connectivity index is 2.92. The fourth-order valence-corrected chi connectivity index (χ4v) is 0.849. The highest BCUT2D eigenvalue weighted by Gasteiger charge is 1.97. The van der Waals surface area contributed by atoms with Gasteiger partial charge in [-0.25, -0.2) is 0 Å². The molecule has 1 aromatic rings. The Hall–Kier alpha value is -1.38. The molecule has 0 saturated heterocycles. The first kappa shape index (κ1) is 7.72. The van der Waals surface area contributed by atoms with E-state index in [4.69, 9.17) is 5.73 Å². The third-order valence-corrected chi connectivity index (χ3v) is 1.47. The molecule has 0 spiro atoms. The zero-order chi connectivity index (χ0) is 8.10. The minimum atomic E-state index is 0.859. The van der Waals surface area contributed by atoms with Gasteiger partial charge < -0.3 is 5.73 Å². The fourth-order valence-electron chi connectivity index (χ4n) is 0.849. The molecule has 1 rings (SSSR count). The summed E-state index contributed by atoms with van der Waals surface area (Å²) in [6.45, 7) is 2.04. The van der Waals surface area contributed by atoms with Crippen molar-refractivity contribution in [1.82, 2.24) is 9.97 Å². The molecule has 3 nitrogen and oxygen atoms in total. The van der Waals surface area contributed by atoms with E-state index in [1.807, 2.05) is 6.92 Å². The molecule has 2 N–H and O–H groups in total. The van der Waals surface area contributed by atoms with Crippen LogP contribution in [0.25, 0.3) is 5.57 Å². The number of aromatic nitrogens is 2. The van der Waals surface area contributed by atoms with Crippen LogP contribution in [0.1, 0.15) is 19.0 Å². The van der Waals surface area contributed by atoms with Crippen LogP contribution in [0.4, 0.5) is 0 Å². The number of rotatable bonds is 2. The first-order valence-corrected chi connectivity index (χ1v) is 3.55. The smallest absolute Gasteiger partial charge is 0.0859 e. The van der Waals surface area contributed by atoms with Crippen LogP contribution in [0, 0.1) is 0 Å². The van der Waals surface area contributed by atoms with E-state index in [1.54, 1.807) is 24.8 Å². The summed E-state index contributed by atoms with van der Waals surface area (Å²) in [4.78, 5) is 8.05. The molecule has 3 heteroatoms. The molecule has 0 aliphatic rings. The summed E-state index contributed by atoms with van der Waals surface area (Å²) in [5.41, 5.74) is 7.27. The van der Waals surface area contributed by atoms with E-state index in [1.165, 1.54) is 0 Å². The van der Waals surface area contributed by atoms with Gasteiger partial charge in [0.05, 0.1) is 11.9 Å². The quantitative estimate of drug-likeness (QED) is 0.687. The minimum Gasteiger partial charge on any atom is -0.404 e. The first-order chi connectivity index (χ1) is 5.38. The highest BCUT2D eigenvalue weighted by molar-refractivity contribution is 5.60. The molecule has 11 heavy (non-hydrogen) atoms. The second-order valence-electron chi connectivity index (χ2n) is 2.14. The van der Waals surface area contributed by atoms with Gasteiger partial charge in [0.1, 0.15) is 0 Å². The molecule has 58 valence electrons. The Morgan fingerprint density at radius 3 is 2.91 bits per heavy atom. The van der Waals surface area contributed by atoms with E-state index < -0.39 is 0 Å². The van der Waals surface area contributed by atoms with Crippen molar-refractivity contribution in [2.24, 2.45) is 5.73 Å². The van der Waals surface area contributed by atoms with Crippen LogP contribution < -0.4 is 5.73 Å². The van der Waals surface area contributed by atoms with Crippen molar-refractivity contribution in [3.05, 3.63) is 30.5 Å². The van der Waals surface area contributed by atoms with Crippen LogP contribution in [0.5, 0.6) is 0 Å². The number of nitrogens with zero attached hydrogens (tertiary/aromatic N) is 2. The van der Waals surface area contributed by atoms with Crippen molar-refractivity contribution >= 4 is 5.57 Å². The highest BCUT2D eigenvalue weighted by atomic mass is 14.8. The van der Waals surface area contributed by atoms with E-state index in [0.717, 1.165) is 17.7 Å². The van der Waals surface area contributed by atoms with Crippen LogP contribution in [0.15, 0.2) is 24.8 Å². The summed E-state index contributed by atoms with van der Waals surface area (Å²) >= 11 is 0. The molecule has 0 saturated carbocycles. The van der Waals surface area contributed by atoms with Crippen molar-refractivity contribution in [2.75, 3.05) is 0 Å². The molecule has 0 radical (unpaired) electrons. The maximum absolute atomic E-state index is 5.39. The van der Waals surface area contributed by atoms with E-state index in [0.29, 0.717) is 0 Å². The van der Waals surface area contributed by atoms with Crippen LogP contribution in [-0.2, 0) is 0 Å². The van der Waals surface area contributed by atoms with Crippen LogP contribution >= 0.6 is 0 Å². The number of nitrogens with two attached hydrogens (primary N) is 1. The van der Waals surface area contributed by atoms with Gasteiger partial charge in [-0.05, 0) is 18.2 Å². The monoisotopic (exact) mass is 149 g/mol. The van der Waals surface area contributed by atoms with E-state index in [-0.39, 0.29) is 0 Å². The Morgan fingerprint density at radius 1 is 1.64 bits per heavy atom. The number of allylic oxidation sites excluding steroid dienone is 1. The molecule has 0 aromatic carbocycles. The SMILES string of the molecule is CCC(=CN)c1cnccn1. The van der Waals surface area contributed by atoms with Gasteiger partial charge in [-0.1, -0.05) is 6.92 Å². The Kier molecular flexibility index (Phi) is 2.60. The van der Waals surface area contributed by atoms with Crippen LogP contribution in [-0.4, -0.2) is 9.97 Å². The summed E-state index contributed by atoms with van der Waals surface area (Å²) in [6, 6.07) is 0. The van der Waals surface area contributed by atoms with Crippen LogP contribution in [0.3, 0.4) is 0 Å². The molecule has 0 fully saturated rings. The van der Waals surface area contributed by atoms with E-state index in [2.05, 4.69) is 9.97 Å². The summed E-state index contributed by atoms with van der Waals surface area (Å²) in [6.07, 6.45) is 7.48. The first-order valence-electron chi connectivity index (χ1n) is 3.55. The minimum absolute atomic E-state index is 0.859. The molecule has 0 bridgehead atoms. The van der Waals surface area contributed by atoms with Gasteiger partial charge in [-0.15, -0.1) is 0 Å². The van der Waals surface area contributed by atoms with Crippen molar-refractivity contribution in [2.45, 2.75) is 13.3 Å². The van der Waals surface area contributed by atoms with Crippen molar-refractivity contribution in [1.29, 1.82) is 0 Å². The predicted molar refractivity (Wildman–Crippen MR) is 44.5 cm³/mol. The molecule has 0 aliphatic carbocycles. The molecule has 0 unspecified atom stereocenters. The standard InChI is InChI=1S/C8H11N3/c1-2-7(5-9)8-6-10-3-4-11-8/h3-6H,2,9H2,1H3. The topological polar surface area (TPSA) is 51.8 Å². The predicted octanol–water partition coefficient (Wildman–Crippen LogP) is 1.19. The lowest BCUT2D eigenvalue weighted by molar-refractivity contribution is 1.12. The zero-order valence-corrected chi connectivity index (χ0v) is 6.49. The molecule has 0 amide bonds. The van der Waals surface area contributed by atoms with Gasteiger partial charge in [0.15, 0.2) is 0 Å². The average molecular weight is 149 g/mol. The van der Waals surface area contributed by atoms with Crippen LogP contribution in [0.2, 0.25) is 0 Å². The molecular formula is C8H11N3. The van der Waals surface area contributed by atoms with Gasteiger partial charge in [0.2, 0.25) is 0 Å². The zero-order valence-electron chi connectivity index (χ0n) is 6.49. The van der Waals surface area contributed by atoms with Gasteiger partial charge in [-0.2, -0.15) is 0 Å². The largest absolute Gasteiger partial charge is 0.404 e. The van der Waals surface area contributed by atoms with Crippen molar-refractivity contribution in [3.63, 3.8) is 0 Å². The molecule has 0 atom stereocenters. The molecular weight excluding hydrogens is 138 g/mol. The highest BCUT2D eigenvalue weighted by Crippen LogP contribution is 2.11. The Labute approximate surface area is 66.0 Å². The summed E-state index contributed by atoms with van der Waals surface area (Å²) in [5.74, 6) is 0. The second-order valence-corrected chi connectivity index (χ2v) is 2.14. The lowest BCUT2D eigenvalue weighted by atomic mass is 10.1. The van der Waals surface area contributed by atoms with E-state index >= 15 is 0 Å². The average Bonchev–Trinajstić information content (AvgIpc) is 2.09.